The van der Waals surface area contributed by atoms with Gasteiger partial charge in [0.25, 0.3) is 11.6 Å². The molecule has 0 atom stereocenters. The minimum Gasteiger partial charge on any atom is -0.497 e. The predicted molar refractivity (Wildman–Crippen MR) is 94.4 cm³/mol. The molecule has 0 aliphatic heterocycles. The number of esters is 1. The average Bonchev–Trinajstić information content (AvgIpc) is 2.61. The van der Waals surface area contributed by atoms with Gasteiger partial charge in [-0.2, -0.15) is 0 Å². The number of rotatable bonds is 7. The quantitative estimate of drug-likeness (QED) is 0.451. The lowest BCUT2D eigenvalue weighted by molar-refractivity contribution is -0.383. The summed E-state index contributed by atoms with van der Waals surface area (Å²) in [7, 11) is 1.51. The molecule has 0 saturated heterocycles. The Balaban J connectivity index is 1.90. The van der Waals surface area contributed by atoms with Gasteiger partial charge in [-0.25, -0.2) is 0 Å². The molecule has 2 aromatic rings. The number of nitro benzene ring substituents is 1. The van der Waals surface area contributed by atoms with Crippen LogP contribution in [0.25, 0.3) is 0 Å². The Morgan fingerprint density at radius 2 is 2.00 bits per heavy atom. The SMILES string of the molecule is COc1cccc(CC(=O)OCC(=O)Nc2ccc(Cl)cc2[N+](=O)[O-])c1. The summed E-state index contributed by atoms with van der Waals surface area (Å²) in [6.07, 6.45) is -0.0361. The van der Waals surface area contributed by atoms with Gasteiger partial charge >= 0.3 is 5.97 Å². The van der Waals surface area contributed by atoms with Crippen LogP contribution < -0.4 is 10.1 Å². The van der Waals surface area contributed by atoms with E-state index in [2.05, 4.69) is 5.32 Å². The second-order valence-electron chi connectivity index (χ2n) is 5.16. The van der Waals surface area contributed by atoms with E-state index in [1.165, 1.54) is 19.2 Å². The number of methoxy groups -OCH3 is 1. The van der Waals surface area contributed by atoms with E-state index in [1.54, 1.807) is 24.3 Å². The fourth-order valence-electron chi connectivity index (χ4n) is 2.09. The Hall–Kier alpha value is -3.13. The van der Waals surface area contributed by atoms with Gasteiger partial charge in [0, 0.05) is 11.1 Å². The molecule has 0 aliphatic rings. The van der Waals surface area contributed by atoms with Gasteiger partial charge in [0.2, 0.25) is 0 Å². The number of carbonyl (C=O) groups is 2. The monoisotopic (exact) mass is 378 g/mol. The van der Waals surface area contributed by atoms with Gasteiger partial charge < -0.3 is 14.8 Å². The molecule has 8 nitrogen and oxygen atoms in total. The predicted octanol–water partition coefficient (Wildman–Crippen LogP) is 2.98. The molecule has 0 radical (unpaired) electrons. The molecule has 0 unspecified atom stereocenters. The van der Waals surface area contributed by atoms with Gasteiger partial charge in [-0.15, -0.1) is 0 Å². The second-order valence-corrected chi connectivity index (χ2v) is 5.59. The van der Waals surface area contributed by atoms with Crippen LogP contribution >= 0.6 is 11.6 Å². The van der Waals surface area contributed by atoms with Crippen molar-refractivity contribution in [1.82, 2.24) is 0 Å². The molecular formula is C17H15ClN2O6. The first-order chi connectivity index (χ1) is 12.4. The molecule has 0 bridgehead atoms. The van der Waals surface area contributed by atoms with E-state index in [1.807, 2.05) is 0 Å². The van der Waals surface area contributed by atoms with E-state index in [9.17, 15) is 19.7 Å². The van der Waals surface area contributed by atoms with Crippen LogP contribution in [0.2, 0.25) is 5.02 Å². The van der Waals surface area contributed by atoms with Crippen LogP contribution in [0.5, 0.6) is 5.75 Å². The molecule has 0 fully saturated rings. The number of hydrogen-bond donors (Lipinski definition) is 1. The van der Waals surface area contributed by atoms with Crippen molar-refractivity contribution < 1.29 is 24.0 Å². The van der Waals surface area contributed by atoms with E-state index < -0.39 is 23.4 Å². The molecular weight excluding hydrogens is 364 g/mol. The Morgan fingerprint density at radius 1 is 1.23 bits per heavy atom. The van der Waals surface area contributed by atoms with Crippen molar-refractivity contribution in [1.29, 1.82) is 0 Å². The highest BCUT2D eigenvalue weighted by atomic mass is 35.5. The summed E-state index contributed by atoms with van der Waals surface area (Å²) in [4.78, 5) is 34.0. The summed E-state index contributed by atoms with van der Waals surface area (Å²) in [5.41, 5.74) is 0.282. The van der Waals surface area contributed by atoms with Crippen LogP contribution in [0.3, 0.4) is 0 Å². The van der Waals surface area contributed by atoms with Crippen LogP contribution in [0.4, 0.5) is 11.4 Å². The lowest BCUT2D eigenvalue weighted by Gasteiger charge is -2.08. The van der Waals surface area contributed by atoms with Crippen LogP contribution in [0.1, 0.15) is 5.56 Å². The third-order valence-electron chi connectivity index (χ3n) is 3.28. The highest BCUT2D eigenvalue weighted by molar-refractivity contribution is 6.31. The standard InChI is InChI=1S/C17H15ClN2O6/c1-25-13-4-2-3-11(7-13)8-17(22)26-10-16(21)19-14-6-5-12(18)9-15(14)20(23)24/h2-7,9H,8,10H2,1H3,(H,19,21). The number of halogens is 1. The summed E-state index contributed by atoms with van der Waals surface area (Å²) < 4.78 is 9.95. The van der Waals surface area contributed by atoms with Crippen molar-refractivity contribution in [3.05, 3.63) is 63.2 Å². The van der Waals surface area contributed by atoms with Crippen molar-refractivity contribution in [2.75, 3.05) is 19.0 Å². The molecule has 0 saturated carbocycles. The van der Waals surface area contributed by atoms with Gasteiger partial charge in [-0.1, -0.05) is 23.7 Å². The number of nitrogens with zero attached hydrogens (tertiary/aromatic N) is 1. The zero-order valence-electron chi connectivity index (χ0n) is 13.7. The first kappa shape index (κ1) is 19.2. The number of ether oxygens (including phenoxy) is 2. The van der Waals surface area contributed by atoms with Crippen molar-refractivity contribution in [2.45, 2.75) is 6.42 Å². The summed E-state index contributed by atoms with van der Waals surface area (Å²) in [6, 6.07) is 10.7. The number of nitro groups is 1. The number of hydrogen-bond acceptors (Lipinski definition) is 6. The van der Waals surface area contributed by atoms with Gasteiger partial charge in [0.15, 0.2) is 6.61 Å². The van der Waals surface area contributed by atoms with E-state index in [0.29, 0.717) is 11.3 Å². The molecule has 0 heterocycles. The zero-order valence-corrected chi connectivity index (χ0v) is 14.5. The Kier molecular flexibility index (Phi) is 6.51. The average molecular weight is 379 g/mol. The summed E-state index contributed by atoms with van der Waals surface area (Å²) in [5, 5.41) is 13.5. The maximum absolute atomic E-state index is 11.9. The maximum atomic E-state index is 11.9. The minimum atomic E-state index is -0.700. The van der Waals surface area contributed by atoms with Gasteiger partial charge in [-0.05, 0) is 29.8 Å². The molecule has 9 heteroatoms. The Bertz CT molecular complexity index is 840. The van der Waals surface area contributed by atoms with Gasteiger partial charge in [0.05, 0.1) is 18.5 Å². The molecule has 1 N–H and O–H groups in total. The van der Waals surface area contributed by atoms with Crippen molar-refractivity contribution >= 4 is 34.9 Å². The van der Waals surface area contributed by atoms with Crippen LogP contribution in [0, 0.1) is 10.1 Å². The molecule has 0 aromatic heterocycles. The lowest BCUT2D eigenvalue weighted by atomic mass is 10.1. The number of carbonyl (C=O) groups excluding carboxylic acids is 2. The first-order valence-corrected chi connectivity index (χ1v) is 7.79. The molecule has 0 aliphatic carbocycles. The molecule has 136 valence electrons. The van der Waals surface area contributed by atoms with Crippen molar-refractivity contribution in [3.8, 4) is 5.75 Å². The Labute approximate surface area is 153 Å². The summed E-state index contributed by atoms with van der Waals surface area (Å²) in [5.74, 6) is -0.712. The lowest BCUT2D eigenvalue weighted by Crippen LogP contribution is -2.22. The zero-order chi connectivity index (χ0) is 19.1. The molecule has 2 rings (SSSR count). The van der Waals surface area contributed by atoms with Crippen LogP contribution in [-0.4, -0.2) is 30.5 Å². The topological polar surface area (TPSA) is 108 Å². The van der Waals surface area contributed by atoms with E-state index in [4.69, 9.17) is 21.1 Å². The Morgan fingerprint density at radius 3 is 2.69 bits per heavy atom. The van der Waals surface area contributed by atoms with Crippen LogP contribution in [-0.2, 0) is 20.7 Å². The van der Waals surface area contributed by atoms with Crippen molar-refractivity contribution in [3.63, 3.8) is 0 Å². The first-order valence-electron chi connectivity index (χ1n) is 7.41. The number of nitrogens with one attached hydrogen (secondary N) is 1. The maximum Gasteiger partial charge on any atom is 0.310 e. The third kappa shape index (κ3) is 5.45. The summed E-state index contributed by atoms with van der Waals surface area (Å²) >= 11 is 5.70. The fraction of sp³-hybridized carbons (Fsp3) is 0.176. The normalized spacial score (nSPS) is 10.1. The van der Waals surface area contributed by atoms with E-state index in [0.717, 1.165) is 6.07 Å². The fourth-order valence-corrected chi connectivity index (χ4v) is 2.26. The molecule has 2 aromatic carbocycles. The second kappa shape index (κ2) is 8.82. The molecule has 0 spiro atoms. The third-order valence-corrected chi connectivity index (χ3v) is 3.51. The van der Waals surface area contributed by atoms with E-state index in [-0.39, 0.29) is 22.8 Å². The summed E-state index contributed by atoms with van der Waals surface area (Å²) in [6.45, 7) is -0.567. The highest BCUT2D eigenvalue weighted by Crippen LogP contribution is 2.27. The van der Waals surface area contributed by atoms with E-state index >= 15 is 0 Å². The smallest absolute Gasteiger partial charge is 0.310 e. The van der Waals surface area contributed by atoms with Crippen LogP contribution in [0.15, 0.2) is 42.5 Å². The number of anilines is 1. The number of amides is 1. The van der Waals surface area contributed by atoms with Gasteiger partial charge in [-0.3, -0.25) is 19.7 Å². The van der Waals surface area contributed by atoms with Crippen molar-refractivity contribution in [2.24, 2.45) is 0 Å². The minimum absolute atomic E-state index is 0.0340. The molecule has 1 amide bonds. The number of benzene rings is 2. The highest BCUT2D eigenvalue weighted by Gasteiger charge is 2.17. The van der Waals surface area contributed by atoms with Gasteiger partial charge in [0.1, 0.15) is 11.4 Å². The largest absolute Gasteiger partial charge is 0.497 e. The molecule has 26 heavy (non-hydrogen) atoms.